The number of nitrogens with zero attached hydrogens (tertiary/aromatic N) is 1. The smallest absolute Gasteiger partial charge is 0.0468 e. The van der Waals surface area contributed by atoms with Crippen LogP contribution in [-0.4, -0.2) is 0 Å². The molecule has 12 rings (SSSR count). The van der Waals surface area contributed by atoms with Gasteiger partial charge in [-0.1, -0.05) is 131 Å². The first-order valence-electron chi connectivity index (χ1n) is 21.2. The highest BCUT2D eigenvalue weighted by Gasteiger charge is 2.61. The van der Waals surface area contributed by atoms with E-state index in [0.717, 1.165) is 23.7 Å². The molecule has 0 aromatic heterocycles. The van der Waals surface area contributed by atoms with Gasteiger partial charge >= 0.3 is 0 Å². The van der Waals surface area contributed by atoms with Gasteiger partial charge in [0.1, 0.15) is 0 Å². The van der Waals surface area contributed by atoms with Crippen LogP contribution in [0.3, 0.4) is 0 Å². The fourth-order valence-electron chi connectivity index (χ4n) is 12.8. The number of benzene rings is 6. The Morgan fingerprint density at radius 1 is 0.418 bits per heavy atom. The lowest BCUT2D eigenvalue weighted by Crippen LogP contribution is -2.55. The van der Waals surface area contributed by atoms with E-state index in [2.05, 4.69) is 172 Å². The van der Waals surface area contributed by atoms with Crippen LogP contribution in [0.15, 0.2) is 140 Å². The summed E-state index contributed by atoms with van der Waals surface area (Å²) in [5.74, 6) is 3.30. The maximum absolute atomic E-state index is 2.60. The predicted molar refractivity (Wildman–Crippen MR) is 231 cm³/mol. The van der Waals surface area contributed by atoms with Crippen LogP contribution in [0, 0.1) is 23.7 Å². The van der Waals surface area contributed by atoms with E-state index < -0.39 is 0 Å². The lowest BCUT2D eigenvalue weighted by atomic mass is 9.43. The second-order valence-corrected chi connectivity index (χ2v) is 19.2. The van der Waals surface area contributed by atoms with Crippen molar-refractivity contribution < 1.29 is 0 Å². The molecule has 0 unspecified atom stereocenters. The molecule has 4 bridgehead atoms. The molecule has 0 radical (unpaired) electrons. The molecule has 4 fully saturated rings. The van der Waals surface area contributed by atoms with Crippen molar-refractivity contribution in [2.75, 3.05) is 4.90 Å². The summed E-state index contributed by atoms with van der Waals surface area (Å²) in [5, 5.41) is 0. The second kappa shape index (κ2) is 12.1. The molecule has 0 amide bonds. The lowest BCUT2D eigenvalue weighted by molar-refractivity contribution is -0.0399. The van der Waals surface area contributed by atoms with Crippen molar-refractivity contribution in [2.24, 2.45) is 23.7 Å². The Balaban J connectivity index is 1.13. The number of rotatable bonds is 5. The molecular formula is C54H53N. The van der Waals surface area contributed by atoms with Gasteiger partial charge in [-0.05, 0) is 171 Å². The van der Waals surface area contributed by atoms with E-state index in [0.29, 0.717) is 0 Å². The molecule has 1 spiro atoms. The van der Waals surface area contributed by atoms with Crippen LogP contribution in [0.5, 0.6) is 0 Å². The molecule has 55 heavy (non-hydrogen) atoms. The van der Waals surface area contributed by atoms with Crippen LogP contribution >= 0.6 is 0 Å². The monoisotopic (exact) mass is 715 g/mol. The van der Waals surface area contributed by atoms with Gasteiger partial charge in [-0.2, -0.15) is 0 Å². The Kier molecular flexibility index (Phi) is 7.34. The van der Waals surface area contributed by atoms with Crippen LogP contribution in [-0.2, 0) is 16.2 Å². The van der Waals surface area contributed by atoms with Crippen LogP contribution in [0.2, 0.25) is 0 Å². The molecule has 274 valence electrons. The first-order valence-corrected chi connectivity index (χ1v) is 21.2. The predicted octanol–water partition coefficient (Wildman–Crippen LogP) is 14.6. The average Bonchev–Trinajstić information content (AvgIpc) is 3.50. The van der Waals surface area contributed by atoms with Gasteiger partial charge in [0.25, 0.3) is 0 Å². The topological polar surface area (TPSA) is 3.24 Å². The summed E-state index contributed by atoms with van der Waals surface area (Å²) in [6, 6.07) is 53.7. The van der Waals surface area contributed by atoms with Crippen LogP contribution in [0.4, 0.5) is 17.1 Å². The number of anilines is 3. The van der Waals surface area contributed by atoms with E-state index in [4.69, 9.17) is 0 Å². The third-order valence-electron chi connectivity index (χ3n) is 15.3. The highest BCUT2D eigenvalue weighted by Crippen LogP contribution is 2.70. The number of fused-ring (bicyclic) bond motifs is 4. The molecule has 6 aromatic rings. The Bertz CT molecular complexity index is 2400. The summed E-state index contributed by atoms with van der Waals surface area (Å²) in [7, 11) is 0. The third kappa shape index (κ3) is 4.97. The summed E-state index contributed by atoms with van der Waals surface area (Å²) in [5.41, 5.74) is 18.5. The molecule has 4 saturated carbocycles. The molecule has 6 aliphatic rings. The molecule has 0 atom stereocenters. The number of hydrogen-bond acceptors (Lipinski definition) is 1. The van der Waals surface area contributed by atoms with E-state index in [1.807, 2.05) is 0 Å². The zero-order chi connectivity index (χ0) is 37.1. The van der Waals surface area contributed by atoms with Crippen molar-refractivity contribution in [3.05, 3.63) is 162 Å². The molecule has 0 saturated heterocycles. The van der Waals surface area contributed by atoms with Gasteiger partial charge in [-0.3, -0.25) is 0 Å². The third-order valence-corrected chi connectivity index (χ3v) is 15.3. The Labute approximate surface area is 328 Å². The summed E-state index contributed by atoms with van der Waals surface area (Å²) >= 11 is 0. The molecule has 1 heteroatoms. The first kappa shape index (κ1) is 33.5. The van der Waals surface area contributed by atoms with Gasteiger partial charge in [0, 0.05) is 22.5 Å². The maximum Gasteiger partial charge on any atom is 0.0468 e. The minimum atomic E-state index is 0.116. The van der Waals surface area contributed by atoms with Crippen LogP contribution in [0.1, 0.15) is 94.9 Å². The highest BCUT2D eigenvalue weighted by atomic mass is 15.1. The molecule has 0 aliphatic heterocycles. The molecule has 6 aromatic carbocycles. The van der Waals surface area contributed by atoms with E-state index in [1.165, 1.54) is 107 Å². The summed E-state index contributed by atoms with van der Waals surface area (Å²) in [6.45, 7) is 9.77. The van der Waals surface area contributed by atoms with Crippen molar-refractivity contribution in [1.29, 1.82) is 0 Å². The van der Waals surface area contributed by atoms with E-state index in [-0.39, 0.29) is 16.2 Å². The minimum absolute atomic E-state index is 0.116. The molecule has 1 nitrogen and oxygen atoms in total. The van der Waals surface area contributed by atoms with Gasteiger partial charge in [0.15, 0.2) is 0 Å². The van der Waals surface area contributed by atoms with Gasteiger partial charge in [-0.15, -0.1) is 0 Å². The van der Waals surface area contributed by atoms with E-state index in [1.54, 1.807) is 11.1 Å². The summed E-state index contributed by atoms with van der Waals surface area (Å²) < 4.78 is 0. The van der Waals surface area contributed by atoms with Crippen molar-refractivity contribution in [2.45, 2.75) is 88.9 Å². The second-order valence-electron chi connectivity index (χ2n) is 19.2. The van der Waals surface area contributed by atoms with Crippen molar-refractivity contribution in [1.82, 2.24) is 0 Å². The SMILES string of the molecule is CC1(C)CCC(C)(C)c2cc(N(c3ccc(-c4ccccc4)cc3)c3ccc4c(c3)-c3c(-c5ccccc5)cccc3C43C4CC5CC(C4)CC3C5)ccc21. The molecule has 6 aliphatic carbocycles. The van der Waals surface area contributed by atoms with Gasteiger partial charge < -0.3 is 4.90 Å². The fraction of sp³-hybridized carbons (Fsp3) is 0.333. The Morgan fingerprint density at radius 3 is 1.62 bits per heavy atom. The van der Waals surface area contributed by atoms with Gasteiger partial charge in [0.2, 0.25) is 0 Å². The zero-order valence-electron chi connectivity index (χ0n) is 33.0. The standard InChI is InChI=1S/C54H53N/c1-52(2)26-27-53(3,4)50-34-44(23-25-48(50)52)55(42-20-18-38(19-21-42)37-12-7-5-8-13-37)43-22-24-47-46(33-43)51-45(39-14-9-6-10-15-39)16-11-17-49(51)54(47)40-29-35-28-36(31-40)32-41(54)30-35/h5-25,33-36,40-41H,26-32H2,1-4H3. The van der Waals surface area contributed by atoms with Crippen molar-refractivity contribution in [3.63, 3.8) is 0 Å². The van der Waals surface area contributed by atoms with Gasteiger partial charge in [-0.25, -0.2) is 0 Å². The largest absolute Gasteiger partial charge is 0.310 e. The summed E-state index contributed by atoms with van der Waals surface area (Å²) in [4.78, 5) is 2.56. The van der Waals surface area contributed by atoms with E-state index in [9.17, 15) is 0 Å². The quantitative estimate of drug-likeness (QED) is 0.172. The number of hydrogen-bond donors (Lipinski definition) is 0. The fourth-order valence-corrected chi connectivity index (χ4v) is 12.8. The van der Waals surface area contributed by atoms with Crippen LogP contribution < -0.4 is 4.90 Å². The molecular weight excluding hydrogens is 663 g/mol. The summed E-state index contributed by atoms with van der Waals surface area (Å²) in [6.07, 6.45) is 9.46. The van der Waals surface area contributed by atoms with Crippen LogP contribution in [0.25, 0.3) is 33.4 Å². The van der Waals surface area contributed by atoms with Gasteiger partial charge in [0.05, 0.1) is 0 Å². The molecule has 0 heterocycles. The highest BCUT2D eigenvalue weighted by molar-refractivity contribution is 5.95. The Hall–Kier alpha value is -4.88. The first-order chi connectivity index (χ1) is 26.7. The maximum atomic E-state index is 2.60. The zero-order valence-corrected chi connectivity index (χ0v) is 33.0. The van der Waals surface area contributed by atoms with E-state index >= 15 is 0 Å². The molecule has 0 N–H and O–H groups in total. The van der Waals surface area contributed by atoms with Crippen molar-refractivity contribution in [3.8, 4) is 33.4 Å². The normalized spacial score (nSPS) is 26.0. The van der Waals surface area contributed by atoms with Crippen molar-refractivity contribution >= 4 is 17.1 Å². The lowest BCUT2D eigenvalue weighted by Gasteiger charge is -2.61. The average molecular weight is 716 g/mol. The Morgan fingerprint density at radius 2 is 0.964 bits per heavy atom. The minimum Gasteiger partial charge on any atom is -0.310 e.